The summed E-state index contributed by atoms with van der Waals surface area (Å²) in [5.41, 5.74) is 2.30. The van der Waals surface area contributed by atoms with Gasteiger partial charge in [-0.2, -0.15) is 0 Å². The number of amides is 1. The van der Waals surface area contributed by atoms with Gasteiger partial charge < -0.3 is 5.11 Å². The Kier molecular flexibility index (Phi) is 2.78. The summed E-state index contributed by atoms with van der Waals surface area (Å²) in [6, 6.07) is 3.59. The predicted octanol–water partition coefficient (Wildman–Crippen LogP) is 3.05. The maximum absolute atomic E-state index is 10.4. The minimum absolute atomic E-state index is 0.430. The summed E-state index contributed by atoms with van der Waals surface area (Å²) < 4.78 is 0. The maximum atomic E-state index is 10.4. The minimum atomic E-state index is -1.10. The minimum Gasteiger partial charge on any atom is -0.465 e. The van der Waals surface area contributed by atoms with Gasteiger partial charge in [0.2, 0.25) is 0 Å². The van der Waals surface area contributed by atoms with Gasteiger partial charge in [0.15, 0.2) is 0 Å². The highest BCUT2D eigenvalue weighted by Crippen LogP contribution is 2.26. The molecule has 1 aromatic carbocycles. The highest BCUT2D eigenvalue weighted by Gasteiger charge is 2.07. The van der Waals surface area contributed by atoms with Gasteiger partial charge in [-0.15, -0.1) is 0 Å². The molecule has 0 spiro atoms. The molecule has 0 aliphatic heterocycles. The van der Waals surface area contributed by atoms with E-state index < -0.39 is 6.09 Å². The van der Waals surface area contributed by atoms with Gasteiger partial charge in [0.25, 0.3) is 0 Å². The van der Waals surface area contributed by atoms with Crippen molar-refractivity contribution in [2.45, 2.75) is 13.8 Å². The second kappa shape index (κ2) is 3.66. The van der Waals surface area contributed by atoms with E-state index in [1.807, 2.05) is 19.9 Å². The zero-order valence-corrected chi connectivity index (χ0v) is 8.14. The number of nitrogens with one attached hydrogen (secondary N) is 1. The highest BCUT2D eigenvalue weighted by molar-refractivity contribution is 6.33. The number of anilines is 1. The first-order valence-corrected chi connectivity index (χ1v) is 4.15. The summed E-state index contributed by atoms with van der Waals surface area (Å²) in [6.45, 7) is 3.72. The second-order valence-electron chi connectivity index (χ2n) is 2.87. The van der Waals surface area contributed by atoms with Crippen LogP contribution in [0.5, 0.6) is 0 Å². The van der Waals surface area contributed by atoms with Crippen molar-refractivity contribution >= 4 is 23.4 Å². The second-order valence-corrected chi connectivity index (χ2v) is 3.28. The third-order valence-electron chi connectivity index (χ3n) is 1.66. The summed E-state index contributed by atoms with van der Waals surface area (Å²) >= 11 is 5.85. The Morgan fingerprint density at radius 2 is 2.08 bits per heavy atom. The van der Waals surface area contributed by atoms with Crippen molar-refractivity contribution in [2.24, 2.45) is 0 Å². The van der Waals surface area contributed by atoms with Gasteiger partial charge in [-0.1, -0.05) is 17.7 Å². The van der Waals surface area contributed by atoms with Crippen LogP contribution < -0.4 is 5.32 Å². The van der Waals surface area contributed by atoms with Crippen LogP contribution in [0.15, 0.2) is 12.1 Å². The molecule has 0 atom stereocenters. The fourth-order valence-corrected chi connectivity index (χ4v) is 1.55. The summed E-state index contributed by atoms with van der Waals surface area (Å²) in [5.74, 6) is 0. The lowest BCUT2D eigenvalue weighted by Gasteiger charge is -2.08. The molecule has 4 heteroatoms. The molecule has 0 aliphatic rings. The molecule has 13 heavy (non-hydrogen) atoms. The van der Waals surface area contributed by atoms with Crippen LogP contribution in [0.2, 0.25) is 5.02 Å². The average Bonchev–Trinajstić information content (AvgIpc) is 1.96. The lowest BCUT2D eigenvalue weighted by Crippen LogP contribution is -2.09. The molecular formula is C9H10ClNO2. The Hall–Kier alpha value is -1.22. The van der Waals surface area contributed by atoms with Crippen molar-refractivity contribution in [3.63, 3.8) is 0 Å². The van der Waals surface area contributed by atoms with Crippen LogP contribution in [0.25, 0.3) is 0 Å². The van der Waals surface area contributed by atoms with Gasteiger partial charge in [-0.3, -0.25) is 5.32 Å². The zero-order valence-electron chi connectivity index (χ0n) is 7.39. The van der Waals surface area contributed by atoms with Gasteiger partial charge >= 0.3 is 6.09 Å². The van der Waals surface area contributed by atoms with Crippen LogP contribution >= 0.6 is 11.6 Å². The molecule has 1 aromatic rings. The lowest BCUT2D eigenvalue weighted by molar-refractivity contribution is 0.209. The first kappa shape index (κ1) is 9.86. The van der Waals surface area contributed by atoms with E-state index in [-0.39, 0.29) is 0 Å². The quantitative estimate of drug-likeness (QED) is 0.731. The molecule has 0 saturated heterocycles. The fraction of sp³-hybridized carbons (Fsp3) is 0.222. The zero-order chi connectivity index (χ0) is 10.0. The molecule has 0 aromatic heterocycles. The number of rotatable bonds is 1. The van der Waals surface area contributed by atoms with Crippen LogP contribution in [-0.4, -0.2) is 11.2 Å². The van der Waals surface area contributed by atoms with Gasteiger partial charge in [0.05, 0.1) is 10.7 Å². The molecule has 70 valence electrons. The third kappa shape index (κ3) is 2.36. The number of hydrogen-bond donors (Lipinski definition) is 2. The molecular weight excluding hydrogens is 190 g/mol. The van der Waals surface area contributed by atoms with E-state index in [4.69, 9.17) is 16.7 Å². The first-order chi connectivity index (χ1) is 6.00. The Bertz CT molecular complexity index is 326. The fourth-order valence-electron chi connectivity index (χ4n) is 1.18. The van der Waals surface area contributed by atoms with Crippen LogP contribution in [0, 0.1) is 13.8 Å². The predicted molar refractivity (Wildman–Crippen MR) is 52.6 cm³/mol. The molecule has 3 nitrogen and oxygen atoms in total. The normalized spacial score (nSPS) is 9.77. The summed E-state index contributed by atoms with van der Waals surface area (Å²) in [4.78, 5) is 10.4. The number of benzene rings is 1. The molecule has 0 bridgehead atoms. The summed E-state index contributed by atoms with van der Waals surface area (Å²) in [7, 11) is 0. The Labute approximate surface area is 81.3 Å². The smallest absolute Gasteiger partial charge is 0.409 e. The van der Waals surface area contributed by atoms with Crippen LogP contribution in [0.1, 0.15) is 11.1 Å². The summed E-state index contributed by atoms with van der Waals surface area (Å²) in [6.07, 6.45) is -1.10. The van der Waals surface area contributed by atoms with Crippen LogP contribution in [-0.2, 0) is 0 Å². The SMILES string of the molecule is Cc1cc(C)c(NC(=O)O)c(Cl)c1. The largest absolute Gasteiger partial charge is 0.465 e. The van der Waals surface area contributed by atoms with Gasteiger partial charge in [0.1, 0.15) is 0 Å². The van der Waals surface area contributed by atoms with Crippen molar-refractivity contribution < 1.29 is 9.90 Å². The van der Waals surface area contributed by atoms with Crippen molar-refractivity contribution in [1.82, 2.24) is 0 Å². The summed E-state index contributed by atoms with van der Waals surface area (Å²) in [5, 5.41) is 11.2. The molecule has 0 fully saturated rings. The number of halogens is 1. The van der Waals surface area contributed by atoms with Crippen molar-refractivity contribution in [2.75, 3.05) is 5.32 Å². The number of aryl methyl sites for hydroxylation is 2. The number of carbonyl (C=O) groups is 1. The van der Waals surface area contributed by atoms with E-state index in [2.05, 4.69) is 5.32 Å². The lowest BCUT2D eigenvalue weighted by atomic mass is 10.1. The van der Waals surface area contributed by atoms with Crippen LogP contribution in [0.3, 0.4) is 0 Å². The van der Waals surface area contributed by atoms with Gasteiger partial charge in [-0.25, -0.2) is 4.79 Å². The molecule has 1 amide bonds. The topological polar surface area (TPSA) is 49.3 Å². The van der Waals surface area contributed by atoms with E-state index in [0.717, 1.165) is 11.1 Å². The van der Waals surface area contributed by atoms with E-state index >= 15 is 0 Å². The Morgan fingerprint density at radius 3 is 2.54 bits per heavy atom. The monoisotopic (exact) mass is 199 g/mol. The Morgan fingerprint density at radius 1 is 1.46 bits per heavy atom. The molecule has 0 radical (unpaired) electrons. The number of hydrogen-bond acceptors (Lipinski definition) is 1. The van der Waals surface area contributed by atoms with Gasteiger partial charge in [-0.05, 0) is 31.0 Å². The molecule has 0 saturated carbocycles. The van der Waals surface area contributed by atoms with Crippen LogP contribution in [0.4, 0.5) is 10.5 Å². The molecule has 0 unspecified atom stereocenters. The van der Waals surface area contributed by atoms with Crippen molar-refractivity contribution in [3.8, 4) is 0 Å². The van der Waals surface area contributed by atoms with E-state index in [0.29, 0.717) is 10.7 Å². The molecule has 2 N–H and O–H groups in total. The van der Waals surface area contributed by atoms with E-state index in [9.17, 15) is 4.79 Å². The molecule has 0 aliphatic carbocycles. The van der Waals surface area contributed by atoms with Crippen molar-refractivity contribution in [1.29, 1.82) is 0 Å². The van der Waals surface area contributed by atoms with E-state index in [1.54, 1.807) is 6.07 Å². The molecule has 0 heterocycles. The third-order valence-corrected chi connectivity index (χ3v) is 1.96. The number of carboxylic acid groups (broad SMARTS) is 1. The standard InChI is InChI=1S/C9H10ClNO2/c1-5-3-6(2)8(7(10)4-5)11-9(12)13/h3-4,11H,1-2H3,(H,12,13). The first-order valence-electron chi connectivity index (χ1n) is 3.77. The maximum Gasteiger partial charge on any atom is 0.409 e. The average molecular weight is 200 g/mol. The van der Waals surface area contributed by atoms with E-state index in [1.165, 1.54) is 0 Å². The van der Waals surface area contributed by atoms with Crippen molar-refractivity contribution in [3.05, 3.63) is 28.3 Å². The molecule has 1 rings (SSSR count). The highest BCUT2D eigenvalue weighted by atomic mass is 35.5. The Balaban J connectivity index is 3.13. The van der Waals surface area contributed by atoms with Gasteiger partial charge in [0, 0.05) is 0 Å².